The quantitative estimate of drug-likeness (QED) is 0.420. The van der Waals surface area contributed by atoms with Crippen LogP contribution in [0.1, 0.15) is 25.5 Å². The zero-order valence-corrected chi connectivity index (χ0v) is 17.5. The average Bonchev–Trinajstić information content (AvgIpc) is 3.00. The van der Waals surface area contributed by atoms with Gasteiger partial charge in [0.15, 0.2) is 0 Å². The molecule has 5 atom stereocenters. The Hall–Kier alpha value is -3.12. The monoisotopic (exact) mass is 450 g/mol. The molecular weight excluding hydrogens is 428 g/mol. The SMILES string of the molecule is CC(=O)NC(=O)OC[C@]1(C)SC2[C@H](NC(=O)[C@H](N)c3ccccc3)C(=O)N2[C@H]1C(=O)O. The summed E-state index contributed by atoms with van der Waals surface area (Å²) < 4.78 is 3.80. The summed E-state index contributed by atoms with van der Waals surface area (Å²) in [4.78, 5) is 60.8. The van der Waals surface area contributed by atoms with Crippen molar-refractivity contribution in [2.45, 2.75) is 42.1 Å². The van der Waals surface area contributed by atoms with E-state index in [-0.39, 0.29) is 6.61 Å². The highest BCUT2D eigenvalue weighted by Crippen LogP contribution is 2.51. The molecule has 2 aliphatic rings. The highest BCUT2D eigenvalue weighted by atomic mass is 32.2. The number of alkyl carbamates (subject to hydrolysis) is 1. The third-order valence-corrected chi connectivity index (χ3v) is 6.69. The number of rotatable bonds is 6. The van der Waals surface area contributed by atoms with E-state index in [4.69, 9.17) is 10.5 Å². The van der Waals surface area contributed by atoms with Crippen molar-refractivity contribution in [1.29, 1.82) is 0 Å². The molecule has 3 rings (SSSR count). The van der Waals surface area contributed by atoms with Crippen LogP contribution in [0.15, 0.2) is 30.3 Å². The van der Waals surface area contributed by atoms with Crippen molar-refractivity contribution >= 4 is 41.5 Å². The van der Waals surface area contributed by atoms with Crippen LogP contribution in [0.4, 0.5) is 4.79 Å². The summed E-state index contributed by atoms with van der Waals surface area (Å²) in [5, 5.41) is 13.5. The maximum Gasteiger partial charge on any atom is 0.413 e. The van der Waals surface area contributed by atoms with Gasteiger partial charge in [0.05, 0.1) is 4.75 Å². The Morgan fingerprint density at radius 3 is 2.52 bits per heavy atom. The molecule has 1 unspecified atom stereocenters. The Morgan fingerprint density at radius 2 is 1.94 bits per heavy atom. The normalized spacial score (nSPS) is 27.5. The molecule has 0 bridgehead atoms. The first kappa shape index (κ1) is 22.6. The van der Waals surface area contributed by atoms with Gasteiger partial charge >= 0.3 is 12.1 Å². The number of hydrogen-bond acceptors (Lipinski definition) is 8. The molecule has 0 aromatic heterocycles. The molecule has 31 heavy (non-hydrogen) atoms. The van der Waals surface area contributed by atoms with Gasteiger partial charge in [-0.15, -0.1) is 11.8 Å². The van der Waals surface area contributed by atoms with Gasteiger partial charge in [-0.25, -0.2) is 9.59 Å². The molecule has 4 amide bonds. The Bertz CT molecular complexity index is 927. The van der Waals surface area contributed by atoms with Gasteiger partial charge in [0.1, 0.15) is 30.1 Å². The molecule has 5 N–H and O–H groups in total. The Labute approximate surface area is 181 Å². The van der Waals surface area contributed by atoms with Crippen molar-refractivity contribution in [3.05, 3.63) is 35.9 Å². The molecular formula is C19H22N4O7S. The molecule has 2 heterocycles. The molecule has 166 valence electrons. The van der Waals surface area contributed by atoms with Crippen LogP contribution in [-0.4, -0.2) is 68.6 Å². The Balaban J connectivity index is 1.70. The van der Waals surface area contributed by atoms with Gasteiger partial charge in [-0.05, 0) is 12.5 Å². The number of imide groups is 1. The standard InChI is InChI=1S/C19H22N4O7S/c1-9(24)21-18(29)30-8-19(2)13(17(27)28)23-15(26)12(16(23)31-19)22-14(25)11(20)10-6-4-3-5-7-10/h3-7,11-13,16H,8,20H2,1-2H3,(H,22,25)(H,27,28)(H,21,24,29)/t11-,12-,13+,16?,19+/m1/s1. The fourth-order valence-corrected chi connectivity index (χ4v) is 5.27. The van der Waals surface area contributed by atoms with E-state index in [1.807, 2.05) is 5.32 Å². The molecule has 0 radical (unpaired) electrons. The molecule has 0 aliphatic carbocycles. The minimum Gasteiger partial charge on any atom is -0.480 e. The first-order chi connectivity index (χ1) is 14.5. The summed E-state index contributed by atoms with van der Waals surface area (Å²) in [6.07, 6.45) is -1.02. The minimum absolute atomic E-state index is 0.363. The van der Waals surface area contributed by atoms with Crippen molar-refractivity contribution in [2.24, 2.45) is 5.73 Å². The summed E-state index contributed by atoms with van der Waals surface area (Å²) in [7, 11) is 0. The van der Waals surface area contributed by atoms with Crippen molar-refractivity contribution in [2.75, 3.05) is 6.61 Å². The molecule has 0 saturated carbocycles. The number of thioether (sulfide) groups is 1. The van der Waals surface area contributed by atoms with Crippen molar-refractivity contribution in [1.82, 2.24) is 15.5 Å². The predicted octanol–water partition coefficient (Wildman–Crippen LogP) is -0.429. The number of benzene rings is 1. The highest BCUT2D eigenvalue weighted by Gasteiger charge is 2.66. The number of ether oxygens (including phenoxy) is 1. The van der Waals surface area contributed by atoms with E-state index in [0.717, 1.165) is 23.6 Å². The highest BCUT2D eigenvalue weighted by molar-refractivity contribution is 8.01. The van der Waals surface area contributed by atoms with Gasteiger partial charge < -0.3 is 25.8 Å². The molecule has 1 aromatic rings. The number of carboxylic acids is 1. The number of nitrogens with one attached hydrogen (secondary N) is 2. The van der Waals surface area contributed by atoms with Crippen LogP contribution < -0.4 is 16.4 Å². The second-order valence-corrected chi connectivity index (χ2v) is 9.09. The lowest BCUT2D eigenvalue weighted by Crippen LogP contribution is -2.71. The van der Waals surface area contributed by atoms with E-state index in [2.05, 4.69) is 5.32 Å². The number of nitrogens with two attached hydrogens (primary N) is 1. The van der Waals surface area contributed by atoms with Crippen LogP contribution in [0.5, 0.6) is 0 Å². The van der Waals surface area contributed by atoms with Crippen LogP contribution >= 0.6 is 11.8 Å². The first-order valence-electron chi connectivity index (χ1n) is 9.33. The smallest absolute Gasteiger partial charge is 0.413 e. The van der Waals surface area contributed by atoms with E-state index >= 15 is 0 Å². The fraction of sp³-hybridized carbons (Fsp3) is 0.421. The minimum atomic E-state index is -1.28. The molecule has 11 nitrogen and oxygen atoms in total. The van der Waals surface area contributed by atoms with E-state index in [9.17, 15) is 29.1 Å². The molecule has 2 fully saturated rings. The lowest BCUT2D eigenvalue weighted by Gasteiger charge is -2.43. The molecule has 2 saturated heterocycles. The number of aliphatic carboxylic acids is 1. The number of carboxylic acid groups (broad SMARTS) is 1. The topological polar surface area (TPSA) is 168 Å². The van der Waals surface area contributed by atoms with Crippen LogP contribution in [0.25, 0.3) is 0 Å². The molecule has 12 heteroatoms. The summed E-state index contributed by atoms with van der Waals surface area (Å²) in [6, 6.07) is 5.39. The lowest BCUT2D eigenvalue weighted by atomic mass is 9.95. The number of carbonyl (C=O) groups is 5. The van der Waals surface area contributed by atoms with Crippen LogP contribution in [0.2, 0.25) is 0 Å². The maximum atomic E-state index is 12.7. The predicted molar refractivity (Wildman–Crippen MR) is 109 cm³/mol. The Kier molecular flexibility index (Phi) is 6.23. The number of hydrogen-bond donors (Lipinski definition) is 4. The van der Waals surface area contributed by atoms with E-state index in [1.54, 1.807) is 30.3 Å². The van der Waals surface area contributed by atoms with Gasteiger partial charge in [-0.2, -0.15) is 0 Å². The van der Waals surface area contributed by atoms with E-state index in [1.165, 1.54) is 6.92 Å². The lowest BCUT2D eigenvalue weighted by molar-refractivity contribution is -0.161. The van der Waals surface area contributed by atoms with Gasteiger partial charge in [-0.3, -0.25) is 19.7 Å². The van der Waals surface area contributed by atoms with E-state index < -0.39 is 58.0 Å². The van der Waals surface area contributed by atoms with Crippen LogP contribution in [0, 0.1) is 0 Å². The second-order valence-electron chi connectivity index (χ2n) is 7.44. The van der Waals surface area contributed by atoms with E-state index in [0.29, 0.717) is 5.56 Å². The molecule has 0 spiro atoms. The van der Waals surface area contributed by atoms with Gasteiger partial charge in [0.25, 0.3) is 0 Å². The number of carbonyl (C=O) groups excluding carboxylic acids is 4. The van der Waals surface area contributed by atoms with Crippen molar-refractivity contribution < 1.29 is 33.8 Å². The third-order valence-electron chi connectivity index (χ3n) is 5.07. The number of nitrogens with zero attached hydrogens (tertiary/aromatic N) is 1. The van der Waals surface area contributed by atoms with Gasteiger partial charge in [-0.1, -0.05) is 30.3 Å². The first-order valence-corrected chi connectivity index (χ1v) is 10.2. The van der Waals surface area contributed by atoms with Crippen molar-refractivity contribution in [3.63, 3.8) is 0 Å². The summed E-state index contributed by atoms with van der Waals surface area (Å²) >= 11 is 1.10. The maximum absolute atomic E-state index is 12.7. The summed E-state index contributed by atoms with van der Waals surface area (Å²) in [6.45, 7) is 2.31. The number of fused-ring (bicyclic) bond motifs is 1. The fourth-order valence-electron chi connectivity index (χ4n) is 3.59. The number of β-lactam (4-membered cyclic amide) rings is 1. The molecule has 2 aliphatic heterocycles. The average molecular weight is 450 g/mol. The zero-order chi connectivity index (χ0) is 22.9. The molecule has 1 aromatic carbocycles. The summed E-state index contributed by atoms with van der Waals surface area (Å²) in [5.74, 6) is -3.02. The van der Waals surface area contributed by atoms with Crippen LogP contribution in [-0.2, 0) is 23.9 Å². The Morgan fingerprint density at radius 1 is 1.29 bits per heavy atom. The van der Waals surface area contributed by atoms with Gasteiger partial charge in [0, 0.05) is 6.92 Å². The van der Waals surface area contributed by atoms with Crippen LogP contribution in [0.3, 0.4) is 0 Å². The zero-order valence-electron chi connectivity index (χ0n) is 16.7. The third kappa shape index (κ3) is 4.35. The second kappa shape index (κ2) is 8.55. The number of amides is 4. The van der Waals surface area contributed by atoms with Crippen molar-refractivity contribution in [3.8, 4) is 0 Å². The summed E-state index contributed by atoms with van der Waals surface area (Å²) in [5.41, 5.74) is 6.54. The van der Waals surface area contributed by atoms with Gasteiger partial charge in [0.2, 0.25) is 17.7 Å². The largest absolute Gasteiger partial charge is 0.480 e.